The van der Waals surface area contributed by atoms with Gasteiger partial charge in [0.2, 0.25) is 0 Å². The first-order chi connectivity index (χ1) is 6.59. The van der Waals surface area contributed by atoms with E-state index in [0.29, 0.717) is 0 Å². The van der Waals surface area contributed by atoms with Crippen LogP contribution in [0.2, 0.25) is 0 Å². The molecule has 3 nitrogen and oxygen atoms in total. The smallest absolute Gasteiger partial charge is 0.136 e. The molecular formula is C10H11BrN2O. The predicted octanol–water partition coefficient (Wildman–Crippen LogP) is 3.09. The maximum absolute atomic E-state index is 9.39. The molecule has 0 saturated heterocycles. The lowest BCUT2D eigenvalue weighted by atomic mass is 10.2. The standard InChI is InChI=1S/C10H11BrN2O/c1-6(2)13-9-5-7(14)3-4-8(9)10(11)12-13/h3-6,14H,1-2H3. The molecule has 1 aromatic heterocycles. The second kappa shape index (κ2) is 3.28. The predicted molar refractivity (Wildman–Crippen MR) is 59.5 cm³/mol. The molecule has 0 spiro atoms. The van der Waals surface area contributed by atoms with E-state index in [1.54, 1.807) is 12.1 Å². The molecule has 74 valence electrons. The summed E-state index contributed by atoms with van der Waals surface area (Å²) in [5.74, 6) is 0.270. The van der Waals surface area contributed by atoms with Crippen molar-refractivity contribution in [1.82, 2.24) is 9.78 Å². The van der Waals surface area contributed by atoms with Gasteiger partial charge in [0.1, 0.15) is 10.4 Å². The summed E-state index contributed by atoms with van der Waals surface area (Å²) < 4.78 is 2.71. The number of aromatic hydroxyl groups is 1. The third-order valence-electron chi connectivity index (χ3n) is 2.14. The highest BCUT2D eigenvalue weighted by Crippen LogP contribution is 2.28. The number of halogens is 1. The fourth-order valence-corrected chi connectivity index (χ4v) is 1.99. The van der Waals surface area contributed by atoms with E-state index >= 15 is 0 Å². The summed E-state index contributed by atoms with van der Waals surface area (Å²) in [6.45, 7) is 4.12. The van der Waals surface area contributed by atoms with E-state index in [1.165, 1.54) is 0 Å². The Morgan fingerprint density at radius 1 is 1.43 bits per heavy atom. The summed E-state index contributed by atoms with van der Waals surface area (Å²) >= 11 is 3.40. The van der Waals surface area contributed by atoms with E-state index in [4.69, 9.17) is 0 Å². The van der Waals surface area contributed by atoms with Gasteiger partial charge in [-0.05, 0) is 41.9 Å². The molecule has 0 fully saturated rings. The van der Waals surface area contributed by atoms with Crippen molar-refractivity contribution in [2.24, 2.45) is 0 Å². The van der Waals surface area contributed by atoms with Crippen LogP contribution < -0.4 is 0 Å². The molecule has 1 N–H and O–H groups in total. The van der Waals surface area contributed by atoms with Crippen LogP contribution in [0.25, 0.3) is 10.9 Å². The quantitative estimate of drug-likeness (QED) is 0.850. The molecule has 0 amide bonds. The van der Waals surface area contributed by atoms with Gasteiger partial charge < -0.3 is 5.11 Å². The number of hydrogen-bond acceptors (Lipinski definition) is 2. The topological polar surface area (TPSA) is 38.0 Å². The zero-order chi connectivity index (χ0) is 10.3. The summed E-state index contributed by atoms with van der Waals surface area (Å²) in [4.78, 5) is 0. The minimum absolute atomic E-state index is 0.270. The van der Waals surface area contributed by atoms with Gasteiger partial charge in [-0.15, -0.1) is 0 Å². The Morgan fingerprint density at radius 2 is 2.14 bits per heavy atom. The number of hydrogen-bond donors (Lipinski definition) is 1. The minimum Gasteiger partial charge on any atom is -0.508 e. The monoisotopic (exact) mass is 254 g/mol. The van der Waals surface area contributed by atoms with Gasteiger partial charge in [0.15, 0.2) is 0 Å². The maximum Gasteiger partial charge on any atom is 0.136 e. The largest absolute Gasteiger partial charge is 0.508 e. The molecule has 0 saturated carbocycles. The lowest BCUT2D eigenvalue weighted by Gasteiger charge is -2.06. The number of phenols is 1. The number of nitrogens with zero attached hydrogens (tertiary/aromatic N) is 2. The van der Waals surface area contributed by atoms with Gasteiger partial charge >= 0.3 is 0 Å². The number of phenolic OH excluding ortho intramolecular Hbond substituents is 1. The summed E-state index contributed by atoms with van der Waals surface area (Å²) in [5, 5.41) is 14.8. The summed E-state index contributed by atoms with van der Waals surface area (Å²) in [7, 11) is 0. The van der Waals surface area contributed by atoms with Crippen molar-refractivity contribution >= 4 is 26.8 Å². The fraction of sp³-hybridized carbons (Fsp3) is 0.300. The third kappa shape index (κ3) is 1.39. The number of benzene rings is 1. The van der Waals surface area contributed by atoms with Crippen LogP contribution in [0.5, 0.6) is 5.75 Å². The first-order valence-corrected chi connectivity index (χ1v) is 5.25. The average molecular weight is 255 g/mol. The van der Waals surface area contributed by atoms with E-state index < -0.39 is 0 Å². The molecule has 0 unspecified atom stereocenters. The van der Waals surface area contributed by atoms with Gasteiger partial charge in [0.05, 0.1) is 5.52 Å². The van der Waals surface area contributed by atoms with Crippen LogP contribution in [0.15, 0.2) is 22.8 Å². The molecule has 2 rings (SSSR count). The molecule has 0 aliphatic carbocycles. The highest BCUT2D eigenvalue weighted by atomic mass is 79.9. The van der Waals surface area contributed by atoms with E-state index in [1.807, 2.05) is 10.7 Å². The normalized spacial score (nSPS) is 11.4. The van der Waals surface area contributed by atoms with Crippen LogP contribution >= 0.6 is 15.9 Å². The van der Waals surface area contributed by atoms with Crippen molar-refractivity contribution in [3.63, 3.8) is 0 Å². The minimum atomic E-state index is 0.270. The van der Waals surface area contributed by atoms with Crippen LogP contribution in [-0.2, 0) is 0 Å². The van der Waals surface area contributed by atoms with Gasteiger partial charge in [-0.1, -0.05) is 0 Å². The Hall–Kier alpha value is -1.03. The molecule has 0 atom stereocenters. The van der Waals surface area contributed by atoms with Gasteiger partial charge in [0, 0.05) is 17.5 Å². The second-order valence-corrected chi connectivity index (χ2v) is 4.28. The Bertz CT molecular complexity index is 476. The highest BCUT2D eigenvalue weighted by Gasteiger charge is 2.10. The van der Waals surface area contributed by atoms with Crippen LogP contribution in [0.4, 0.5) is 0 Å². The molecule has 0 bridgehead atoms. The molecular weight excluding hydrogens is 244 g/mol. The highest BCUT2D eigenvalue weighted by molar-refractivity contribution is 9.10. The fourth-order valence-electron chi connectivity index (χ4n) is 1.48. The molecule has 0 aliphatic heterocycles. The molecule has 4 heteroatoms. The first-order valence-electron chi connectivity index (χ1n) is 4.46. The van der Waals surface area contributed by atoms with Crippen molar-refractivity contribution in [3.05, 3.63) is 22.8 Å². The molecule has 0 aliphatic rings. The summed E-state index contributed by atoms with van der Waals surface area (Å²) in [5.41, 5.74) is 0.951. The lowest BCUT2D eigenvalue weighted by molar-refractivity contribution is 0.475. The van der Waals surface area contributed by atoms with Crippen molar-refractivity contribution in [1.29, 1.82) is 0 Å². The Labute approximate surface area is 90.5 Å². The number of rotatable bonds is 1. The zero-order valence-corrected chi connectivity index (χ0v) is 9.62. The maximum atomic E-state index is 9.39. The van der Waals surface area contributed by atoms with Gasteiger partial charge in [-0.3, -0.25) is 4.68 Å². The van der Waals surface area contributed by atoms with Crippen LogP contribution in [-0.4, -0.2) is 14.9 Å². The van der Waals surface area contributed by atoms with Crippen molar-refractivity contribution < 1.29 is 5.11 Å². The van der Waals surface area contributed by atoms with Gasteiger partial charge in [0.25, 0.3) is 0 Å². The molecule has 2 aromatic rings. The molecule has 14 heavy (non-hydrogen) atoms. The van der Waals surface area contributed by atoms with E-state index in [0.717, 1.165) is 15.5 Å². The van der Waals surface area contributed by atoms with E-state index in [9.17, 15) is 5.11 Å². The van der Waals surface area contributed by atoms with Gasteiger partial charge in [-0.2, -0.15) is 5.10 Å². The number of fused-ring (bicyclic) bond motifs is 1. The van der Waals surface area contributed by atoms with Crippen LogP contribution in [0.3, 0.4) is 0 Å². The summed E-state index contributed by atoms with van der Waals surface area (Å²) in [6.07, 6.45) is 0. The Kier molecular flexibility index (Phi) is 2.23. The molecule has 1 heterocycles. The Balaban J connectivity index is 2.79. The van der Waals surface area contributed by atoms with Gasteiger partial charge in [-0.25, -0.2) is 0 Å². The van der Waals surface area contributed by atoms with Crippen LogP contribution in [0, 0.1) is 0 Å². The van der Waals surface area contributed by atoms with Crippen molar-refractivity contribution in [2.75, 3.05) is 0 Å². The average Bonchev–Trinajstić information content (AvgIpc) is 2.43. The molecule has 1 aromatic carbocycles. The lowest BCUT2D eigenvalue weighted by Crippen LogP contribution is -2.01. The second-order valence-electron chi connectivity index (χ2n) is 3.53. The van der Waals surface area contributed by atoms with E-state index in [-0.39, 0.29) is 11.8 Å². The van der Waals surface area contributed by atoms with E-state index in [2.05, 4.69) is 34.9 Å². The summed E-state index contributed by atoms with van der Waals surface area (Å²) in [6, 6.07) is 5.54. The molecule has 0 radical (unpaired) electrons. The first kappa shape index (κ1) is 9.52. The van der Waals surface area contributed by atoms with Crippen molar-refractivity contribution in [3.8, 4) is 5.75 Å². The number of aromatic nitrogens is 2. The third-order valence-corrected chi connectivity index (χ3v) is 2.72. The van der Waals surface area contributed by atoms with Crippen molar-refractivity contribution in [2.45, 2.75) is 19.9 Å². The Morgan fingerprint density at radius 3 is 2.79 bits per heavy atom. The van der Waals surface area contributed by atoms with Crippen LogP contribution in [0.1, 0.15) is 19.9 Å². The zero-order valence-electron chi connectivity index (χ0n) is 8.03. The SMILES string of the molecule is CC(C)n1nc(Br)c2ccc(O)cc21.